The van der Waals surface area contributed by atoms with Gasteiger partial charge in [-0.05, 0) is 56.5 Å². The monoisotopic (exact) mass is 404 g/mol. The zero-order chi connectivity index (χ0) is 20.9. The molecule has 0 saturated carbocycles. The van der Waals surface area contributed by atoms with E-state index in [9.17, 15) is 4.79 Å². The van der Waals surface area contributed by atoms with Gasteiger partial charge in [-0.2, -0.15) is 0 Å². The lowest BCUT2D eigenvalue weighted by molar-refractivity contribution is 0.0657. The van der Waals surface area contributed by atoms with Crippen LogP contribution in [0.15, 0.2) is 48.5 Å². The summed E-state index contributed by atoms with van der Waals surface area (Å²) in [5.74, 6) is 1.79. The third kappa shape index (κ3) is 4.76. The van der Waals surface area contributed by atoms with Crippen molar-refractivity contribution < 1.29 is 9.53 Å². The molecular weight excluding hydrogens is 376 g/mol. The molecule has 1 N–H and O–H groups in total. The summed E-state index contributed by atoms with van der Waals surface area (Å²) in [4.78, 5) is 12.7. The molecule has 1 aliphatic heterocycles. The SMILES string of the molecule is CC(C)OCc1ccc(C(=O)Nc2cccc(-c3nnc4n3CCCCC4)c2)cc1. The molecule has 2 heterocycles. The fraction of sp³-hybridized carbons (Fsp3) is 0.375. The first-order valence-electron chi connectivity index (χ1n) is 10.6. The summed E-state index contributed by atoms with van der Waals surface area (Å²) < 4.78 is 7.82. The minimum atomic E-state index is -0.136. The van der Waals surface area contributed by atoms with Crippen LogP contribution in [0.3, 0.4) is 0 Å². The molecule has 6 heteroatoms. The number of rotatable bonds is 6. The Balaban J connectivity index is 1.47. The van der Waals surface area contributed by atoms with Gasteiger partial charge in [0.05, 0.1) is 12.7 Å². The molecule has 4 rings (SSSR count). The molecule has 1 amide bonds. The first-order chi connectivity index (χ1) is 14.6. The normalized spacial score (nSPS) is 13.7. The number of ether oxygens (including phenoxy) is 1. The van der Waals surface area contributed by atoms with Gasteiger partial charge in [-0.25, -0.2) is 0 Å². The molecular formula is C24H28N4O2. The second kappa shape index (κ2) is 9.22. The number of aromatic nitrogens is 3. The average Bonchev–Trinajstić information content (AvgIpc) is 3.01. The topological polar surface area (TPSA) is 69.0 Å². The first kappa shape index (κ1) is 20.3. The Kier molecular flexibility index (Phi) is 6.23. The Morgan fingerprint density at radius 3 is 2.73 bits per heavy atom. The molecule has 1 aliphatic rings. The maximum absolute atomic E-state index is 12.7. The average molecular weight is 405 g/mol. The second-order valence-electron chi connectivity index (χ2n) is 7.99. The molecule has 1 aromatic heterocycles. The number of carbonyl (C=O) groups excluding carboxylic acids is 1. The minimum Gasteiger partial charge on any atom is -0.374 e. The van der Waals surface area contributed by atoms with Gasteiger partial charge in [0, 0.05) is 29.8 Å². The fourth-order valence-electron chi connectivity index (χ4n) is 3.65. The van der Waals surface area contributed by atoms with E-state index in [2.05, 4.69) is 20.1 Å². The van der Waals surface area contributed by atoms with Gasteiger partial charge in [0.15, 0.2) is 5.82 Å². The third-order valence-corrected chi connectivity index (χ3v) is 5.29. The van der Waals surface area contributed by atoms with E-state index in [1.165, 1.54) is 6.42 Å². The summed E-state index contributed by atoms with van der Waals surface area (Å²) in [5.41, 5.74) is 3.38. The summed E-state index contributed by atoms with van der Waals surface area (Å²) >= 11 is 0. The Morgan fingerprint density at radius 1 is 1.10 bits per heavy atom. The van der Waals surface area contributed by atoms with Crippen molar-refractivity contribution in [1.82, 2.24) is 14.8 Å². The Bertz CT molecular complexity index is 1010. The van der Waals surface area contributed by atoms with Gasteiger partial charge in [-0.1, -0.05) is 30.7 Å². The Morgan fingerprint density at radius 2 is 1.93 bits per heavy atom. The maximum atomic E-state index is 12.7. The van der Waals surface area contributed by atoms with Crippen LogP contribution in [-0.2, 0) is 24.3 Å². The van der Waals surface area contributed by atoms with E-state index in [-0.39, 0.29) is 12.0 Å². The molecule has 30 heavy (non-hydrogen) atoms. The van der Waals surface area contributed by atoms with Crippen LogP contribution < -0.4 is 5.32 Å². The van der Waals surface area contributed by atoms with E-state index in [1.807, 2.05) is 62.4 Å². The van der Waals surface area contributed by atoms with E-state index in [0.717, 1.165) is 54.3 Å². The van der Waals surface area contributed by atoms with Crippen molar-refractivity contribution in [1.29, 1.82) is 0 Å². The number of fused-ring (bicyclic) bond motifs is 1. The van der Waals surface area contributed by atoms with Crippen LogP contribution in [0.5, 0.6) is 0 Å². The lowest BCUT2D eigenvalue weighted by Crippen LogP contribution is -2.12. The number of anilines is 1. The van der Waals surface area contributed by atoms with Gasteiger partial charge in [0.1, 0.15) is 5.82 Å². The minimum absolute atomic E-state index is 0.136. The molecule has 0 radical (unpaired) electrons. The summed E-state index contributed by atoms with van der Waals surface area (Å²) in [6.45, 7) is 5.51. The highest BCUT2D eigenvalue weighted by molar-refractivity contribution is 6.04. The van der Waals surface area contributed by atoms with Crippen molar-refractivity contribution in [2.24, 2.45) is 0 Å². The lowest BCUT2D eigenvalue weighted by atomic mass is 10.1. The predicted molar refractivity (Wildman–Crippen MR) is 117 cm³/mol. The predicted octanol–water partition coefficient (Wildman–Crippen LogP) is 4.85. The van der Waals surface area contributed by atoms with Gasteiger partial charge >= 0.3 is 0 Å². The van der Waals surface area contributed by atoms with Crippen molar-refractivity contribution >= 4 is 11.6 Å². The van der Waals surface area contributed by atoms with Crippen molar-refractivity contribution in [2.45, 2.75) is 58.8 Å². The highest BCUT2D eigenvalue weighted by atomic mass is 16.5. The van der Waals surface area contributed by atoms with Gasteiger partial charge in [0.25, 0.3) is 5.91 Å². The van der Waals surface area contributed by atoms with Gasteiger partial charge in [0.2, 0.25) is 0 Å². The van der Waals surface area contributed by atoms with Crippen molar-refractivity contribution in [2.75, 3.05) is 5.32 Å². The standard InChI is InChI=1S/C24H28N4O2/c1-17(2)30-16-18-10-12-19(13-11-18)24(29)25-21-8-6-7-20(15-21)23-27-26-22-9-4-3-5-14-28(22)23/h6-8,10-13,15,17H,3-5,9,14,16H2,1-2H3,(H,25,29). The highest BCUT2D eigenvalue weighted by Crippen LogP contribution is 2.25. The number of amides is 1. The summed E-state index contributed by atoms with van der Waals surface area (Å²) in [7, 11) is 0. The third-order valence-electron chi connectivity index (χ3n) is 5.29. The maximum Gasteiger partial charge on any atom is 0.255 e. The molecule has 0 saturated heterocycles. The zero-order valence-corrected chi connectivity index (χ0v) is 17.6. The van der Waals surface area contributed by atoms with Crippen LogP contribution in [0.25, 0.3) is 11.4 Å². The van der Waals surface area contributed by atoms with Crippen LogP contribution in [0.2, 0.25) is 0 Å². The molecule has 3 aromatic rings. The number of carbonyl (C=O) groups is 1. The van der Waals surface area contributed by atoms with E-state index in [0.29, 0.717) is 12.2 Å². The lowest BCUT2D eigenvalue weighted by Gasteiger charge is -2.10. The van der Waals surface area contributed by atoms with E-state index in [4.69, 9.17) is 4.74 Å². The van der Waals surface area contributed by atoms with Crippen LogP contribution in [-0.4, -0.2) is 26.8 Å². The van der Waals surface area contributed by atoms with Gasteiger partial charge < -0.3 is 14.6 Å². The Hall–Kier alpha value is -2.99. The summed E-state index contributed by atoms with van der Waals surface area (Å²) in [6, 6.07) is 15.3. The van der Waals surface area contributed by atoms with Gasteiger partial charge in [-0.3, -0.25) is 4.79 Å². The van der Waals surface area contributed by atoms with Crippen LogP contribution in [0, 0.1) is 0 Å². The number of benzene rings is 2. The van der Waals surface area contributed by atoms with Crippen molar-refractivity contribution in [3.63, 3.8) is 0 Å². The summed E-state index contributed by atoms with van der Waals surface area (Å²) in [5, 5.41) is 11.8. The quantitative estimate of drug-likeness (QED) is 0.638. The molecule has 0 atom stereocenters. The number of aryl methyl sites for hydroxylation is 1. The molecule has 0 unspecified atom stereocenters. The molecule has 0 aliphatic carbocycles. The molecule has 156 valence electrons. The van der Waals surface area contributed by atoms with Crippen LogP contribution in [0.4, 0.5) is 5.69 Å². The molecule has 6 nitrogen and oxygen atoms in total. The Labute approximate surface area is 177 Å². The van der Waals surface area contributed by atoms with E-state index in [1.54, 1.807) is 0 Å². The number of nitrogens with zero attached hydrogens (tertiary/aromatic N) is 3. The van der Waals surface area contributed by atoms with E-state index >= 15 is 0 Å². The fourth-order valence-corrected chi connectivity index (χ4v) is 3.65. The number of hydrogen-bond donors (Lipinski definition) is 1. The van der Waals surface area contributed by atoms with Crippen LogP contribution in [0.1, 0.15) is 54.9 Å². The first-order valence-corrected chi connectivity index (χ1v) is 10.6. The number of nitrogens with one attached hydrogen (secondary N) is 1. The van der Waals surface area contributed by atoms with E-state index < -0.39 is 0 Å². The van der Waals surface area contributed by atoms with Crippen molar-refractivity contribution in [3.8, 4) is 11.4 Å². The number of hydrogen-bond acceptors (Lipinski definition) is 4. The summed E-state index contributed by atoms with van der Waals surface area (Å²) in [6.07, 6.45) is 4.69. The molecule has 0 fully saturated rings. The highest BCUT2D eigenvalue weighted by Gasteiger charge is 2.16. The van der Waals surface area contributed by atoms with Gasteiger partial charge in [-0.15, -0.1) is 10.2 Å². The van der Waals surface area contributed by atoms with Crippen molar-refractivity contribution in [3.05, 3.63) is 65.5 Å². The molecule has 0 spiro atoms. The molecule has 0 bridgehead atoms. The smallest absolute Gasteiger partial charge is 0.255 e. The zero-order valence-electron chi connectivity index (χ0n) is 17.6. The second-order valence-corrected chi connectivity index (χ2v) is 7.99. The molecule has 2 aromatic carbocycles. The van der Waals surface area contributed by atoms with Crippen LogP contribution >= 0.6 is 0 Å². The largest absolute Gasteiger partial charge is 0.374 e.